The number of carbonyl (C=O) groups excluding carboxylic acids is 1. The van der Waals surface area contributed by atoms with Crippen LogP contribution in [0.15, 0.2) is 33.9 Å². The number of rotatable bonds is 12. The monoisotopic (exact) mass is 389 g/mol. The summed E-state index contributed by atoms with van der Waals surface area (Å²) in [5.74, 6) is 0.610. The standard InChI is InChI=1S/C19H32N5.C2H5NO/c1-3-4-5-6-7-8-9-10-11-12-16-24(17-21-22-23-24)19-18(2)14-13-15-20-19;1-2(3)4/h13-15,17H,3-12,16H2,1-2H3;1H3,(H2,3,4)/q+1;. The second-order valence-corrected chi connectivity index (χ2v) is 7.40. The Kier molecular flexibility index (Phi) is 11.9. The van der Waals surface area contributed by atoms with Gasteiger partial charge in [0.2, 0.25) is 12.2 Å². The first-order valence-corrected chi connectivity index (χ1v) is 10.5. The van der Waals surface area contributed by atoms with Crippen molar-refractivity contribution >= 4 is 18.1 Å². The number of hydrogen-bond acceptors (Lipinski definition) is 5. The van der Waals surface area contributed by atoms with E-state index in [4.69, 9.17) is 0 Å². The van der Waals surface area contributed by atoms with Gasteiger partial charge in [-0.15, -0.1) is 0 Å². The Morgan fingerprint density at radius 1 is 1.04 bits per heavy atom. The smallest absolute Gasteiger partial charge is 0.264 e. The van der Waals surface area contributed by atoms with Gasteiger partial charge in [0.1, 0.15) is 6.54 Å². The van der Waals surface area contributed by atoms with E-state index in [1.165, 1.54) is 64.7 Å². The molecule has 1 aromatic rings. The maximum atomic E-state index is 9.22. The molecular weight excluding hydrogens is 352 g/mol. The number of quaternary nitrogens is 1. The van der Waals surface area contributed by atoms with Crippen LogP contribution in [0.3, 0.4) is 0 Å². The van der Waals surface area contributed by atoms with Crippen molar-refractivity contribution in [2.45, 2.75) is 85.0 Å². The lowest BCUT2D eigenvalue weighted by atomic mass is 10.1. The Labute approximate surface area is 169 Å². The van der Waals surface area contributed by atoms with Crippen LogP contribution in [0, 0.1) is 6.92 Å². The first-order chi connectivity index (χ1) is 13.5. The molecule has 0 fully saturated rings. The summed E-state index contributed by atoms with van der Waals surface area (Å²) in [6.45, 7) is 6.54. The molecule has 1 aliphatic rings. The normalized spacial score (nSPS) is 17.4. The van der Waals surface area contributed by atoms with E-state index in [0.717, 1.165) is 24.3 Å². The molecule has 2 rings (SSSR count). The molecule has 7 nitrogen and oxygen atoms in total. The molecule has 0 saturated heterocycles. The van der Waals surface area contributed by atoms with Gasteiger partial charge in [-0.1, -0.05) is 68.0 Å². The number of nitrogens with zero attached hydrogens (tertiary/aromatic N) is 5. The van der Waals surface area contributed by atoms with E-state index in [1.807, 2.05) is 18.6 Å². The van der Waals surface area contributed by atoms with Crippen LogP contribution >= 0.6 is 0 Å². The third-order valence-corrected chi connectivity index (χ3v) is 4.70. The van der Waals surface area contributed by atoms with Crippen LogP contribution in [-0.4, -0.2) is 23.8 Å². The van der Waals surface area contributed by atoms with E-state index in [2.05, 4.69) is 46.2 Å². The first kappa shape index (κ1) is 23.9. The minimum absolute atomic E-state index is 0.323. The molecule has 28 heavy (non-hydrogen) atoms. The van der Waals surface area contributed by atoms with Crippen molar-refractivity contribution < 1.29 is 4.79 Å². The average Bonchev–Trinajstić information content (AvgIpc) is 3.13. The largest absolute Gasteiger partial charge is 0.370 e. The van der Waals surface area contributed by atoms with E-state index >= 15 is 0 Å². The SMILES string of the molecule is CC(N)=O.CCCCCCCCCCCC[N+]1(c2ncccc2C)C=NN=N1. The van der Waals surface area contributed by atoms with Crippen molar-refractivity contribution in [2.24, 2.45) is 21.3 Å². The number of primary amides is 1. The van der Waals surface area contributed by atoms with E-state index in [1.54, 1.807) is 0 Å². The number of aryl methyl sites for hydroxylation is 1. The minimum Gasteiger partial charge on any atom is -0.370 e. The van der Waals surface area contributed by atoms with Crippen molar-refractivity contribution in [3.63, 3.8) is 0 Å². The molecule has 0 bridgehead atoms. The molecule has 1 atom stereocenters. The fourth-order valence-corrected chi connectivity index (χ4v) is 3.25. The zero-order chi connectivity index (χ0) is 20.7. The van der Waals surface area contributed by atoms with Gasteiger partial charge in [0.15, 0.2) is 0 Å². The van der Waals surface area contributed by atoms with Crippen LogP contribution in [0.5, 0.6) is 0 Å². The fourth-order valence-electron chi connectivity index (χ4n) is 3.25. The van der Waals surface area contributed by atoms with E-state index < -0.39 is 0 Å². The fraction of sp³-hybridized carbons (Fsp3) is 0.667. The molecule has 0 aliphatic carbocycles. The molecule has 0 saturated carbocycles. The topological polar surface area (TPSA) is 93.1 Å². The molecule has 1 unspecified atom stereocenters. The number of aromatic nitrogens is 1. The highest BCUT2D eigenvalue weighted by molar-refractivity contribution is 5.73. The van der Waals surface area contributed by atoms with E-state index in [9.17, 15) is 4.79 Å². The summed E-state index contributed by atoms with van der Waals surface area (Å²) >= 11 is 0. The highest BCUT2D eigenvalue weighted by atomic mass is 16.1. The van der Waals surface area contributed by atoms with Gasteiger partial charge < -0.3 is 5.73 Å². The van der Waals surface area contributed by atoms with Gasteiger partial charge in [0.25, 0.3) is 5.82 Å². The lowest BCUT2D eigenvalue weighted by Crippen LogP contribution is -2.42. The lowest BCUT2D eigenvalue weighted by molar-refractivity contribution is -0.115. The molecule has 0 aromatic carbocycles. The number of nitrogens with two attached hydrogens (primary N) is 1. The number of amides is 1. The highest BCUT2D eigenvalue weighted by Gasteiger charge is 2.36. The Balaban J connectivity index is 0.000000892. The maximum Gasteiger partial charge on any atom is 0.264 e. The third-order valence-electron chi connectivity index (χ3n) is 4.70. The average molecular weight is 390 g/mol. The zero-order valence-electron chi connectivity index (χ0n) is 17.8. The molecule has 1 amide bonds. The van der Waals surface area contributed by atoms with Gasteiger partial charge in [-0.2, -0.15) is 0 Å². The quantitative estimate of drug-likeness (QED) is 0.381. The van der Waals surface area contributed by atoms with Crippen molar-refractivity contribution in [3.05, 3.63) is 23.9 Å². The lowest BCUT2D eigenvalue weighted by Gasteiger charge is -2.22. The molecule has 0 radical (unpaired) electrons. The predicted octanol–water partition coefficient (Wildman–Crippen LogP) is 5.43. The predicted molar refractivity (Wildman–Crippen MR) is 116 cm³/mol. The zero-order valence-corrected chi connectivity index (χ0v) is 17.8. The summed E-state index contributed by atoms with van der Waals surface area (Å²) in [7, 11) is 0. The van der Waals surface area contributed by atoms with Gasteiger partial charge in [0, 0.05) is 23.9 Å². The second kappa shape index (κ2) is 13.9. The Morgan fingerprint density at radius 2 is 1.61 bits per heavy atom. The van der Waals surface area contributed by atoms with E-state index in [-0.39, 0.29) is 5.91 Å². The summed E-state index contributed by atoms with van der Waals surface area (Å²) in [6, 6.07) is 4.03. The summed E-state index contributed by atoms with van der Waals surface area (Å²) in [6.07, 6.45) is 17.0. The molecule has 7 heteroatoms. The van der Waals surface area contributed by atoms with Gasteiger partial charge in [-0.25, -0.2) is 4.98 Å². The molecule has 1 aromatic heterocycles. The van der Waals surface area contributed by atoms with Gasteiger partial charge in [-0.3, -0.25) is 4.79 Å². The molecule has 2 heterocycles. The Hall–Kier alpha value is -2.15. The van der Waals surface area contributed by atoms with Crippen LogP contribution in [-0.2, 0) is 4.79 Å². The van der Waals surface area contributed by atoms with Gasteiger partial charge >= 0.3 is 0 Å². The molecule has 1 aliphatic heterocycles. The summed E-state index contributed by atoms with van der Waals surface area (Å²) in [5.41, 5.74) is 5.61. The summed E-state index contributed by atoms with van der Waals surface area (Å²) < 4.78 is 0.323. The van der Waals surface area contributed by atoms with Crippen LogP contribution in [0.4, 0.5) is 5.82 Å². The Bertz CT molecular complexity index is 613. The maximum absolute atomic E-state index is 9.22. The number of unbranched alkanes of at least 4 members (excludes halogenated alkanes) is 9. The van der Waals surface area contributed by atoms with Crippen molar-refractivity contribution in [3.8, 4) is 0 Å². The highest BCUT2D eigenvalue weighted by Crippen LogP contribution is 2.27. The second-order valence-electron chi connectivity index (χ2n) is 7.40. The number of carbonyl (C=O) groups is 1. The molecular formula is C21H37N6O+. The van der Waals surface area contributed by atoms with Gasteiger partial charge in [-0.05, 0) is 31.9 Å². The molecule has 2 N–H and O–H groups in total. The van der Waals surface area contributed by atoms with Crippen molar-refractivity contribution in [2.75, 3.05) is 6.54 Å². The Morgan fingerprint density at radius 3 is 2.11 bits per heavy atom. The van der Waals surface area contributed by atoms with Crippen LogP contribution in [0.1, 0.15) is 83.6 Å². The van der Waals surface area contributed by atoms with Gasteiger partial charge in [0.05, 0.1) is 5.22 Å². The molecule has 0 spiro atoms. The minimum atomic E-state index is -0.333. The number of pyridine rings is 1. The first-order valence-electron chi connectivity index (χ1n) is 10.5. The van der Waals surface area contributed by atoms with Crippen LogP contribution in [0.25, 0.3) is 0 Å². The number of hydrogen-bond donors (Lipinski definition) is 1. The van der Waals surface area contributed by atoms with Crippen LogP contribution < -0.4 is 10.3 Å². The van der Waals surface area contributed by atoms with Crippen LogP contribution in [0.2, 0.25) is 0 Å². The summed E-state index contributed by atoms with van der Waals surface area (Å²) in [5, 5.41) is 12.2. The summed E-state index contributed by atoms with van der Waals surface area (Å²) in [4.78, 5) is 13.7. The third kappa shape index (κ3) is 9.17. The van der Waals surface area contributed by atoms with Crippen molar-refractivity contribution in [1.82, 2.24) is 9.58 Å². The van der Waals surface area contributed by atoms with Crippen molar-refractivity contribution in [1.29, 1.82) is 0 Å². The molecule has 156 valence electrons. The van der Waals surface area contributed by atoms with E-state index in [0.29, 0.717) is 4.59 Å².